The smallest absolute Gasteiger partial charge is 0.336 e. The van der Waals surface area contributed by atoms with Gasteiger partial charge in [0, 0.05) is 11.1 Å². The maximum atomic E-state index is 14.7. The lowest BCUT2D eigenvalue weighted by Crippen LogP contribution is -2.31. The molecule has 386 valence electrons. The fraction of sp³-hybridized carbons (Fsp3) is 0.0789. The second-order valence-electron chi connectivity index (χ2n) is 21.1. The van der Waals surface area contributed by atoms with Gasteiger partial charge in [-0.05, 0) is 150 Å². The van der Waals surface area contributed by atoms with Crippen LogP contribution in [0.25, 0.3) is 54.9 Å². The number of benzene rings is 12. The first-order valence-electron chi connectivity index (χ1n) is 27.2. The van der Waals surface area contributed by atoms with Crippen molar-refractivity contribution in [1.82, 2.24) is 0 Å². The lowest BCUT2D eigenvalue weighted by Gasteiger charge is -2.37. The van der Waals surface area contributed by atoms with E-state index in [1.807, 2.05) is 97.1 Å². The van der Waals surface area contributed by atoms with Crippen LogP contribution in [0.4, 0.5) is 0 Å². The van der Waals surface area contributed by atoms with Gasteiger partial charge in [-0.3, -0.25) is 0 Å². The van der Waals surface area contributed by atoms with Crippen molar-refractivity contribution in [2.75, 3.05) is 0 Å². The van der Waals surface area contributed by atoms with Gasteiger partial charge in [0.15, 0.2) is 0 Å². The molecule has 0 fully saturated rings. The summed E-state index contributed by atoms with van der Waals surface area (Å²) in [6, 6.07) is 91.7. The SMILES string of the molecule is Cc1cc(C(c2ccccc2)(c2ccccc2)c2ccccc2)cc(C)c1-c1cc2ccccc2c(-c2c(C(=O)O)c(-c3c(C)cc(C(c4ccccc4)(c4ccccc4)c4ccccc4)cc3C)cc3ccccc23)c1C(=O)O. The van der Waals surface area contributed by atoms with Crippen molar-refractivity contribution in [2.45, 2.75) is 38.5 Å². The number of rotatable bonds is 13. The number of aryl methyl sites for hydroxylation is 4. The molecule has 0 saturated carbocycles. The van der Waals surface area contributed by atoms with E-state index < -0.39 is 22.8 Å². The molecule has 0 aliphatic carbocycles. The molecule has 0 aliphatic heterocycles. The minimum Gasteiger partial charge on any atom is -0.478 e. The molecule has 4 nitrogen and oxygen atoms in total. The highest BCUT2D eigenvalue weighted by atomic mass is 16.4. The van der Waals surface area contributed by atoms with Crippen molar-refractivity contribution in [3.05, 3.63) is 345 Å². The first-order valence-corrected chi connectivity index (χ1v) is 27.2. The van der Waals surface area contributed by atoms with Crippen LogP contribution in [0.15, 0.2) is 267 Å². The van der Waals surface area contributed by atoms with E-state index in [4.69, 9.17) is 0 Å². The van der Waals surface area contributed by atoms with Gasteiger partial charge in [-0.2, -0.15) is 0 Å². The predicted molar refractivity (Wildman–Crippen MR) is 327 cm³/mol. The Balaban J connectivity index is 1.13. The van der Waals surface area contributed by atoms with E-state index in [2.05, 4.69) is 198 Å². The van der Waals surface area contributed by atoms with Gasteiger partial charge in [0.05, 0.1) is 22.0 Å². The highest BCUT2D eigenvalue weighted by molar-refractivity contribution is 6.22. The number of hydrogen-bond donors (Lipinski definition) is 2. The Hall–Kier alpha value is -9.90. The molecule has 0 aliphatic rings. The van der Waals surface area contributed by atoms with E-state index in [1.165, 1.54) is 0 Å². The maximum Gasteiger partial charge on any atom is 0.336 e. The van der Waals surface area contributed by atoms with Crippen LogP contribution < -0.4 is 0 Å². The molecule has 12 aromatic rings. The molecular weight excluding hydrogens is 977 g/mol. The summed E-state index contributed by atoms with van der Waals surface area (Å²) in [7, 11) is 0. The van der Waals surface area contributed by atoms with Crippen molar-refractivity contribution in [3.8, 4) is 33.4 Å². The Kier molecular flexibility index (Phi) is 13.2. The molecule has 12 rings (SSSR count). The minimum atomic E-state index is -1.16. The standard InChI is InChI=1S/C76H58O4/c1-49-43-61(75(55-29-11-5-12-30-55,56-31-13-6-14-32-56)57-33-15-7-16-34-57)44-50(2)67(49)65-47-53-27-23-25-41-63(53)69(71(65)73(77)78)70-64-42-26-24-28-54(64)48-66(72(70)74(79)80)68-51(3)45-62(46-52(68)4)76(58-35-17-8-18-36-58,59-37-19-9-20-38-59)60-39-21-10-22-40-60/h5-48H,1-4H3,(H,77,78)(H,79,80). The van der Waals surface area contributed by atoms with Gasteiger partial charge in [-0.1, -0.05) is 255 Å². The van der Waals surface area contributed by atoms with E-state index in [-0.39, 0.29) is 11.1 Å². The lowest BCUT2D eigenvalue weighted by molar-refractivity contribution is 0.0685. The Morgan fingerprint density at radius 3 is 0.738 bits per heavy atom. The third kappa shape index (κ3) is 8.31. The summed E-state index contributed by atoms with van der Waals surface area (Å²) in [6.07, 6.45) is 0. The normalized spacial score (nSPS) is 11.7. The lowest BCUT2D eigenvalue weighted by atomic mass is 9.64. The predicted octanol–water partition coefficient (Wildman–Crippen LogP) is 18.4. The fourth-order valence-electron chi connectivity index (χ4n) is 13.4. The average Bonchev–Trinajstić information content (AvgIpc) is 3.57. The van der Waals surface area contributed by atoms with Gasteiger partial charge in [0.2, 0.25) is 0 Å². The zero-order valence-electron chi connectivity index (χ0n) is 45.1. The molecule has 0 saturated heterocycles. The Bertz CT molecular complexity index is 3780. The van der Waals surface area contributed by atoms with Crippen LogP contribution in [0.3, 0.4) is 0 Å². The van der Waals surface area contributed by atoms with Crippen LogP contribution in [0, 0.1) is 27.7 Å². The number of carboxylic acids is 2. The Labute approximate surface area is 467 Å². The molecule has 0 amide bonds. The molecule has 0 aromatic heterocycles. The topological polar surface area (TPSA) is 74.6 Å². The van der Waals surface area contributed by atoms with Crippen molar-refractivity contribution in [3.63, 3.8) is 0 Å². The summed E-state index contributed by atoms with van der Waals surface area (Å²) in [5.41, 5.74) is 14.1. The highest BCUT2D eigenvalue weighted by Gasteiger charge is 2.41. The summed E-state index contributed by atoms with van der Waals surface area (Å²) >= 11 is 0. The second-order valence-corrected chi connectivity index (χ2v) is 21.1. The first-order chi connectivity index (χ1) is 39.0. The Morgan fingerprint density at radius 2 is 0.500 bits per heavy atom. The van der Waals surface area contributed by atoms with Crippen LogP contribution in [0.1, 0.15) is 87.5 Å². The molecule has 2 N–H and O–H groups in total. The summed E-state index contributed by atoms with van der Waals surface area (Å²) in [6.45, 7) is 8.25. The Morgan fingerprint density at radius 1 is 0.275 bits per heavy atom. The molecule has 0 heterocycles. The minimum absolute atomic E-state index is 0.0371. The van der Waals surface area contributed by atoms with Crippen LogP contribution in [-0.2, 0) is 10.8 Å². The van der Waals surface area contributed by atoms with E-state index >= 15 is 0 Å². The molecule has 0 unspecified atom stereocenters. The van der Waals surface area contributed by atoms with E-state index in [0.717, 1.165) is 88.7 Å². The number of carbonyl (C=O) groups is 2. The number of carboxylic acid groups (broad SMARTS) is 2. The number of hydrogen-bond acceptors (Lipinski definition) is 2. The van der Waals surface area contributed by atoms with Crippen LogP contribution >= 0.6 is 0 Å². The molecular formula is C76H58O4. The zero-order valence-corrected chi connectivity index (χ0v) is 45.1. The van der Waals surface area contributed by atoms with Crippen LogP contribution in [-0.4, -0.2) is 22.2 Å². The molecule has 4 heteroatoms. The summed E-state index contributed by atoms with van der Waals surface area (Å²) in [4.78, 5) is 29.3. The monoisotopic (exact) mass is 1030 g/mol. The molecule has 0 atom stereocenters. The van der Waals surface area contributed by atoms with Crippen molar-refractivity contribution in [2.24, 2.45) is 0 Å². The maximum absolute atomic E-state index is 14.7. The molecule has 80 heavy (non-hydrogen) atoms. The van der Waals surface area contributed by atoms with E-state index in [0.29, 0.717) is 33.0 Å². The number of fused-ring (bicyclic) bond motifs is 2. The van der Waals surface area contributed by atoms with Crippen molar-refractivity contribution in [1.29, 1.82) is 0 Å². The van der Waals surface area contributed by atoms with Gasteiger partial charge < -0.3 is 10.2 Å². The summed E-state index contributed by atoms with van der Waals surface area (Å²) in [5, 5.41) is 26.8. The average molecular weight is 1040 g/mol. The van der Waals surface area contributed by atoms with Gasteiger partial charge in [-0.15, -0.1) is 0 Å². The summed E-state index contributed by atoms with van der Waals surface area (Å²) in [5.74, 6) is -2.31. The second kappa shape index (κ2) is 20.8. The molecule has 12 aromatic carbocycles. The van der Waals surface area contributed by atoms with Gasteiger partial charge >= 0.3 is 11.9 Å². The van der Waals surface area contributed by atoms with Crippen LogP contribution in [0.5, 0.6) is 0 Å². The largest absolute Gasteiger partial charge is 0.478 e. The van der Waals surface area contributed by atoms with Gasteiger partial charge in [0.25, 0.3) is 0 Å². The quantitative estimate of drug-likeness (QED) is 0.113. The van der Waals surface area contributed by atoms with Gasteiger partial charge in [-0.25, -0.2) is 9.59 Å². The molecule has 0 bridgehead atoms. The third-order valence-electron chi connectivity index (χ3n) is 16.5. The van der Waals surface area contributed by atoms with E-state index in [1.54, 1.807) is 0 Å². The highest BCUT2D eigenvalue weighted by Crippen LogP contribution is 2.52. The third-order valence-corrected chi connectivity index (χ3v) is 16.5. The number of aromatic carboxylic acids is 2. The molecule has 0 radical (unpaired) electrons. The zero-order chi connectivity index (χ0) is 55.1. The van der Waals surface area contributed by atoms with Crippen molar-refractivity contribution >= 4 is 33.5 Å². The van der Waals surface area contributed by atoms with Crippen molar-refractivity contribution < 1.29 is 19.8 Å². The molecule has 0 spiro atoms. The first kappa shape index (κ1) is 50.9. The van der Waals surface area contributed by atoms with Gasteiger partial charge in [0.1, 0.15) is 0 Å². The summed E-state index contributed by atoms with van der Waals surface area (Å²) < 4.78 is 0. The van der Waals surface area contributed by atoms with Crippen LogP contribution in [0.2, 0.25) is 0 Å². The fourth-order valence-corrected chi connectivity index (χ4v) is 13.4. The van der Waals surface area contributed by atoms with E-state index in [9.17, 15) is 19.8 Å².